The maximum absolute atomic E-state index is 13.3. The number of nitrogens with zero attached hydrogens (tertiary/aromatic N) is 2. The Balaban J connectivity index is 1.49. The Kier molecular flexibility index (Phi) is 4.71. The molecule has 1 aromatic carbocycles. The van der Waals surface area contributed by atoms with E-state index in [-0.39, 0.29) is 12.5 Å². The largest absolute Gasteiger partial charge is 0.474 e. The molecule has 0 amide bonds. The maximum atomic E-state index is 13.3. The molecule has 0 aliphatic heterocycles. The van der Waals surface area contributed by atoms with E-state index in [1.807, 2.05) is 6.07 Å². The number of aromatic nitrogens is 1. The first-order valence-corrected chi connectivity index (χ1v) is 7.64. The molecular weight excluding hydrogens is 295 g/mol. The summed E-state index contributed by atoms with van der Waals surface area (Å²) in [6, 6.07) is 9.07. The van der Waals surface area contributed by atoms with Crippen molar-refractivity contribution in [3.05, 3.63) is 53.5 Å². The first kappa shape index (κ1) is 15.3. The number of guanidine groups is 1. The van der Waals surface area contributed by atoms with Crippen LogP contribution in [0, 0.1) is 5.82 Å². The molecule has 1 aromatic heterocycles. The lowest BCUT2D eigenvalue weighted by Gasteiger charge is -2.08. The van der Waals surface area contributed by atoms with Gasteiger partial charge in [0.05, 0.1) is 6.54 Å². The van der Waals surface area contributed by atoms with Gasteiger partial charge in [-0.05, 0) is 54.7 Å². The van der Waals surface area contributed by atoms with Crippen molar-refractivity contribution >= 4 is 11.6 Å². The summed E-state index contributed by atoms with van der Waals surface area (Å²) in [6.45, 7) is 0.528. The summed E-state index contributed by atoms with van der Waals surface area (Å²) in [5.41, 5.74) is 9.57. The summed E-state index contributed by atoms with van der Waals surface area (Å²) < 4.78 is 18.5. The standard InChI is InChI=1S/C17H19FN4O/c18-15-5-2-8-20-16(15)23-10-9-21-17(19)22-14-7-6-12-3-1-4-13(12)11-14/h2,5-8,11H,1,3-4,9-10H2,(H3,19,21,22). The van der Waals surface area contributed by atoms with Gasteiger partial charge in [-0.15, -0.1) is 0 Å². The number of nitrogens with one attached hydrogen (secondary N) is 1. The summed E-state index contributed by atoms with van der Waals surface area (Å²) in [6.07, 6.45) is 4.96. The first-order chi connectivity index (χ1) is 11.2. The number of pyridine rings is 1. The van der Waals surface area contributed by atoms with Crippen LogP contribution in [0.4, 0.5) is 10.1 Å². The zero-order valence-electron chi connectivity index (χ0n) is 12.8. The second-order valence-electron chi connectivity index (χ2n) is 5.37. The van der Waals surface area contributed by atoms with Crippen LogP contribution < -0.4 is 15.8 Å². The number of rotatable bonds is 5. The molecule has 3 rings (SSSR count). The van der Waals surface area contributed by atoms with Gasteiger partial charge in [-0.2, -0.15) is 0 Å². The molecular formula is C17H19FN4O. The van der Waals surface area contributed by atoms with Crippen molar-refractivity contribution in [1.29, 1.82) is 0 Å². The molecule has 1 aliphatic carbocycles. The monoisotopic (exact) mass is 314 g/mol. The molecule has 0 saturated heterocycles. The number of halogens is 1. The number of nitrogens with two attached hydrogens (primary N) is 1. The average Bonchev–Trinajstić information content (AvgIpc) is 3.01. The van der Waals surface area contributed by atoms with Crippen LogP contribution in [0.3, 0.4) is 0 Å². The van der Waals surface area contributed by atoms with Crippen LogP contribution in [-0.4, -0.2) is 24.1 Å². The number of benzene rings is 1. The second kappa shape index (κ2) is 7.09. The fourth-order valence-corrected chi connectivity index (χ4v) is 2.62. The van der Waals surface area contributed by atoms with Gasteiger partial charge in [0, 0.05) is 11.9 Å². The molecule has 3 N–H and O–H groups in total. The van der Waals surface area contributed by atoms with Gasteiger partial charge in [-0.1, -0.05) is 6.07 Å². The Morgan fingerprint density at radius 2 is 2.17 bits per heavy atom. The zero-order valence-corrected chi connectivity index (χ0v) is 12.8. The Hall–Kier alpha value is -2.63. The Morgan fingerprint density at radius 3 is 3.04 bits per heavy atom. The Morgan fingerprint density at radius 1 is 1.30 bits per heavy atom. The number of aliphatic imine (C=N–C) groups is 1. The molecule has 0 atom stereocenters. The quantitative estimate of drug-likeness (QED) is 0.505. The summed E-state index contributed by atoms with van der Waals surface area (Å²) in [5.74, 6) is -0.193. The molecule has 23 heavy (non-hydrogen) atoms. The van der Waals surface area contributed by atoms with Crippen molar-refractivity contribution in [3.8, 4) is 5.88 Å². The molecule has 120 valence electrons. The van der Waals surface area contributed by atoms with Crippen molar-refractivity contribution in [2.24, 2.45) is 10.7 Å². The summed E-state index contributed by atoms with van der Waals surface area (Å²) >= 11 is 0. The minimum atomic E-state index is -0.485. The van der Waals surface area contributed by atoms with Crippen molar-refractivity contribution in [2.45, 2.75) is 19.3 Å². The maximum Gasteiger partial charge on any atom is 0.250 e. The second-order valence-corrected chi connectivity index (χ2v) is 5.37. The van der Waals surface area contributed by atoms with E-state index >= 15 is 0 Å². The highest BCUT2D eigenvalue weighted by molar-refractivity contribution is 5.92. The normalized spacial score (nSPS) is 13.7. The molecule has 0 bridgehead atoms. The van der Waals surface area contributed by atoms with Crippen LogP contribution in [0.25, 0.3) is 0 Å². The topological polar surface area (TPSA) is 72.5 Å². The van der Waals surface area contributed by atoms with E-state index in [1.54, 1.807) is 0 Å². The summed E-state index contributed by atoms with van der Waals surface area (Å²) in [4.78, 5) is 7.97. The highest BCUT2D eigenvalue weighted by atomic mass is 19.1. The van der Waals surface area contributed by atoms with Crippen LogP contribution in [0.5, 0.6) is 5.88 Å². The van der Waals surface area contributed by atoms with Gasteiger partial charge in [0.15, 0.2) is 11.8 Å². The lowest BCUT2D eigenvalue weighted by Crippen LogP contribution is -2.23. The molecule has 2 aromatic rings. The molecule has 0 radical (unpaired) electrons. The van der Waals surface area contributed by atoms with Gasteiger partial charge in [0.2, 0.25) is 5.88 Å². The van der Waals surface area contributed by atoms with E-state index in [0.29, 0.717) is 12.5 Å². The molecule has 0 spiro atoms. The molecule has 6 heteroatoms. The van der Waals surface area contributed by atoms with E-state index in [9.17, 15) is 4.39 Å². The van der Waals surface area contributed by atoms with Crippen LogP contribution in [0.2, 0.25) is 0 Å². The van der Waals surface area contributed by atoms with Crippen LogP contribution in [0.1, 0.15) is 17.5 Å². The van der Waals surface area contributed by atoms with Crippen LogP contribution in [0.15, 0.2) is 41.5 Å². The molecule has 1 aliphatic rings. The van der Waals surface area contributed by atoms with Gasteiger partial charge in [-0.25, -0.2) is 14.4 Å². The minimum absolute atomic E-state index is 0.0205. The van der Waals surface area contributed by atoms with Crippen molar-refractivity contribution in [3.63, 3.8) is 0 Å². The number of ether oxygens (including phenoxy) is 1. The third-order valence-electron chi connectivity index (χ3n) is 3.71. The van der Waals surface area contributed by atoms with Crippen molar-refractivity contribution in [1.82, 2.24) is 4.98 Å². The highest BCUT2D eigenvalue weighted by Gasteiger charge is 2.10. The number of hydrogen-bond acceptors (Lipinski definition) is 3. The van der Waals surface area contributed by atoms with Gasteiger partial charge in [0.25, 0.3) is 0 Å². The van der Waals surface area contributed by atoms with Crippen LogP contribution >= 0.6 is 0 Å². The van der Waals surface area contributed by atoms with Gasteiger partial charge >= 0.3 is 0 Å². The fraction of sp³-hybridized carbons (Fsp3) is 0.294. The molecule has 0 saturated carbocycles. The van der Waals surface area contributed by atoms with Crippen molar-refractivity contribution in [2.75, 3.05) is 18.5 Å². The zero-order chi connectivity index (χ0) is 16.1. The van der Waals surface area contributed by atoms with E-state index in [1.165, 1.54) is 35.9 Å². The highest BCUT2D eigenvalue weighted by Crippen LogP contribution is 2.24. The summed E-state index contributed by atoms with van der Waals surface area (Å²) in [7, 11) is 0. The minimum Gasteiger partial charge on any atom is -0.474 e. The van der Waals surface area contributed by atoms with Crippen LogP contribution in [-0.2, 0) is 12.8 Å². The lowest BCUT2D eigenvalue weighted by molar-refractivity contribution is 0.298. The molecule has 1 heterocycles. The third-order valence-corrected chi connectivity index (χ3v) is 3.71. The van der Waals surface area contributed by atoms with E-state index < -0.39 is 5.82 Å². The van der Waals surface area contributed by atoms with Crippen molar-refractivity contribution < 1.29 is 9.13 Å². The van der Waals surface area contributed by atoms with E-state index in [0.717, 1.165) is 18.5 Å². The number of anilines is 1. The predicted molar refractivity (Wildman–Crippen MR) is 88.3 cm³/mol. The Bertz CT molecular complexity index is 717. The predicted octanol–water partition coefficient (Wildman–Crippen LogP) is 2.52. The SMILES string of the molecule is NC(=NCCOc1ncccc1F)Nc1ccc2c(c1)CCC2. The number of hydrogen-bond donors (Lipinski definition) is 2. The van der Waals surface area contributed by atoms with Gasteiger partial charge in [0.1, 0.15) is 6.61 Å². The lowest BCUT2D eigenvalue weighted by atomic mass is 10.1. The molecule has 0 unspecified atom stereocenters. The first-order valence-electron chi connectivity index (χ1n) is 7.64. The van der Waals surface area contributed by atoms with Gasteiger partial charge in [-0.3, -0.25) is 0 Å². The molecule has 5 nitrogen and oxygen atoms in total. The number of aryl methyl sites for hydroxylation is 2. The third kappa shape index (κ3) is 3.97. The van der Waals surface area contributed by atoms with E-state index in [2.05, 4.69) is 27.4 Å². The Labute approximate surface area is 134 Å². The van der Waals surface area contributed by atoms with E-state index in [4.69, 9.17) is 10.5 Å². The average molecular weight is 314 g/mol. The fourth-order valence-electron chi connectivity index (χ4n) is 2.62. The summed E-state index contributed by atoms with van der Waals surface area (Å²) in [5, 5.41) is 3.06. The van der Waals surface area contributed by atoms with Gasteiger partial charge < -0.3 is 15.8 Å². The number of fused-ring (bicyclic) bond motifs is 1. The molecule has 0 fully saturated rings. The smallest absolute Gasteiger partial charge is 0.250 e.